The second-order valence-electron chi connectivity index (χ2n) is 13.6. The summed E-state index contributed by atoms with van der Waals surface area (Å²) in [4.78, 5) is 30.1. The van der Waals surface area contributed by atoms with Crippen LogP contribution in [0.25, 0.3) is 11.1 Å². The lowest BCUT2D eigenvalue weighted by Crippen LogP contribution is -2.65. The molecule has 0 radical (unpaired) electrons. The Morgan fingerprint density at radius 2 is 1.95 bits per heavy atom. The van der Waals surface area contributed by atoms with Gasteiger partial charge in [-0.3, -0.25) is 9.69 Å². The summed E-state index contributed by atoms with van der Waals surface area (Å²) in [6, 6.07) is 5.36. The first-order valence-corrected chi connectivity index (χ1v) is 16.1. The molecule has 11 heteroatoms. The number of amides is 1. The molecule has 7 rings (SSSR count). The Morgan fingerprint density at radius 1 is 1.14 bits per heavy atom. The van der Waals surface area contributed by atoms with Crippen molar-refractivity contribution in [3.8, 4) is 22.8 Å². The summed E-state index contributed by atoms with van der Waals surface area (Å²) in [5.41, 5.74) is 2.51. The van der Waals surface area contributed by atoms with E-state index in [4.69, 9.17) is 4.74 Å². The third-order valence-electron chi connectivity index (χ3n) is 9.98. The zero-order valence-corrected chi connectivity index (χ0v) is 25.7. The minimum Gasteiger partial charge on any atom is -0.434 e. The van der Waals surface area contributed by atoms with Gasteiger partial charge in [-0.05, 0) is 62.1 Å². The fourth-order valence-electron chi connectivity index (χ4n) is 7.73. The van der Waals surface area contributed by atoms with Gasteiger partial charge in [-0.25, -0.2) is 19.3 Å². The van der Waals surface area contributed by atoms with Crippen LogP contribution in [-0.2, 0) is 4.79 Å². The predicted molar refractivity (Wildman–Crippen MR) is 164 cm³/mol. The molecule has 2 aromatic heterocycles. The number of carbonyl (C=O) groups excluding carboxylic acids is 1. The number of nitrogens with one attached hydrogen (secondary N) is 1. The third-order valence-corrected chi connectivity index (χ3v) is 9.98. The Kier molecular flexibility index (Phi) is 7.68. The van der Waals surface area contributed by atoms with E-state index < -0.39 is 0 Å². The van der Waals surface area contributed by atoms with Gasteiger partial charge in [0, 0.05) is 73.3 Å². The molecule has 1 N–H and O–H groups in total. The first-order chi connectivity index (χ1) is 21.3. The van der Waals surface area contributed by atoms with Crippen LogP contribution in [0.3, 0.4) is 0 Å². The molecule has 2 saturated heterocycles. The average molecular weight is 601 g/mol. The van der Waals surface area contributed by atoms with Gasteiger partial charge in [0.15, 0.2) is 5.82 Å². The van der Waals surface area contributed by atoms with Crippen molar-refractivity contribution < 1.29 is 13.9 Å². The van der Waals surface area contributed by atoms with E-state index >= 15 is 0 Å². The van der Waals surface area contributed by atoms with Crippen molar-refractivity contribution in [2.75, 3.05) is 31.1 Å². The molecule has 2 aliphatic heterocycles. The Balaban J connectivity index is 1.05. The molecule has 4 aliphatic rings. The van der Waals surface area contributed by atoms with E-state index in [0.717, 1.165) is 69.5 Å². The van der Waals surface area contributed by atoms with E-state index in [1.807, 2.05) is 6.92 Å². The molecular weight excluding hydrogens is 559 g/mol. The number of aromatic nitrogens is 5. The molecule has 44 heavy (non-hydrogen) atoms. The molecule has 232 valence electrons. The normalized spacial score (nSPS) is 23.3. The smallest absolute Gasteiger partial charge is 0.282 e. The van der Waals surface area contributed by atoms with Crippen LogP contribution in [0, 0.1) is 23.1 Å². The average Bonchev–Trinajstić information content (AvgIpc) is 3.74. The summed E-state index contributed by atoms with van der Waals surface area (Å²) >= 11 is 0. The van der Waals surface area contributed by atoms with Crippen molar-refractivity contribution in [1.82, 2.24) is 35.4 Å². The number of nitrogens with zero attached hydrogens (tertiary/aromatic N) is 7. The fraction of sp³-hybridized carbons (Fsp3) is 0.576. The lowest BCUT2D eigenvalue weighted by atomic mass is 9.68. The molecule has 0 unspecified atom stereocenters. The Bertz CT molecular complexity index is 1520. The highest BCUT2D eigenvalue weighted by molar-refractivity contribution is 5.76. The lowest BCUT2D eigenvalue weighted by Gasteiger charge is -2.57. The predicted octanol–water partition coefficient (Wildman–Crippen LogP) is 4.98. The molecule has 1 spiro atoms. The van der Waals surface area contributed by atoms with E-state index in [1.165, 1.54) is 18.5 Å². The highest BCUT2D eigenvalue weighted by Crippen LogP contribution is 2.48. The van der Waals surface area contributed by atoms with Crippen molar-refractivity contribution in [1.29, 1.82) is 0 Å². The van der Waals surface area contributed by atoms with Gasteiger partial charge in [-0.1, -0.05) is 20.8 Å². The van der Waals surface area contributed by atoms with Crippen LogP contribution in [0.4, 0.5) is 10.2 Å². The Hall–Kier alpha value is -3.73. The van der Waals surface area contributed by atoms with Gasteiger partial charge in [0.2, 0.25) is 5.91 Å². The molecule has 1 amide bonds. The maximum atomic E-state index is 14.5. The zero-order chi connectivity index (χ0) is 30.4. The second kappa shape index (κ2) is 11.6. The summed E-state index contributed by atoms with van der Waals surface area (Å²) in [6.07, 6.45) is 10.6. The lowest BCUT2D eigenvalue weighted by molar-refractivity contribution is -0.123. The number of anilines is 1. The SMILES string of the molecule is CCC(=O)NC1CC([C@@H](C(C)C)N2CC3(CCN(c4ncnnc4Oc4ccc(F)cc4-c4cncnc4C4CC4)C3)C2)C1. The van der Waals surface area contributed by atoms with Crippen molar-refractivity contribution in [3.63, 3.8) is 0 Å². The van der Waals surface area contributed by atoms with Crippen LogP contribution >= 0.6 is 0 Å². The Morgan fingerprint density at radius 3 is 2.70 bits per heavy atom. The van der Waals surface area contributed by atoms with E-state index in [2.05, 4.69) is 54.1 Å². The summed E-state index contributed by atoms with van der Waals surface area (Å²) in [5, 5.41) is 11.5. The van der Waals surface area contributed by atoms with Crippen LogP contribution in [0.2, 0.25) is 0 Å². The molecule has 2 aliphatic carbocycles. The zero-order valence-electron chi connectivity index (χ0n) is 25.7. The number of likely N-dealkylation sites (tertiary alicyclic amines) is 1. The van der Waals surface area contributed by atoms with Crippen LogP contribution in [0.15, 0.2) is 37.1 Å². The topological polar surface area (TPSA) is 109 Å². The van der Waals surface area contributed by atoms with Gasteiger partial charge >= 0.3 is 0 Å². The molecule has 1 aromatic carbocycles. The molecule has 4 fully saturated rings. The minimum absolute atomic E-state index is 0.152. The number of ether oxygens (including phenoxy) is 1. The Labute approximate surface area is 257 Å². The molecule has 10 nitrogen and oxygen atoms in total. The maximum absolute atomic E-state index is 14.5. The van der Waals surface area contributed by atoms with Gasteiger partial charge in [-0.2, -0.15) is 0 Å². The van der Waals surface area contributed by atoms with E-state index in [9.17, 15) is 9.18 Å². The van der Waals surface area contributed by atoms with Crippen molar-refractivity contribution in [2.24, 2.45) is 17.3 Å². The highest BCUT2D eigenvalue weighted by atomic mass is 19.1. The van der Waals surface area contributed by atoms with Crippen LogP contribution in [0.5, 0.6) is 11.6 Å². The minimum atomic E-state index is -0.352. The van der Waals surface area contributed by atoms with E-state index in [-0.39, 0.29) is 17.1 Å². The van der Waals surface area contributed by atoms with Crippen LogP contribution in [-0.4, -0.2) is 74.2 Å². The summed E-state index contributed by atoms with van der Waals surface area (Å²) < 4.78 is 20.9. The quantitative estimate of drug-likeness (QED) is 0.345. The fourth-order valence-corrected chi connectivity index (χ4v) is 7.73. The standard InChI is InChI=1S/C33H41FN8O2/c1-4-28(43)39-24-11-22(12-24)30(20(2)3)42-16-33(17-42)9-10-41(15-33)31-32(40-38-19-37-31)44-27-8-7-23(34)13-25(27)26-14-35-18-36-29(26)21-5-6-21/h7-8,13-14,18-22,24,30H,4-6,9-12,15-17H2,1-3H3,(H,39,43)/t22?,24?,30-/m1/s1. The molecular formula is C33H41FN8O2. The first-order valence-electron chi connectivity index (χ1n) is 16.1. The molecule has 1 atom stereocenters. The highest BCUT2D eigenvalue weighted by Gasteiger charge is 2.53. The van der Waals surface area contributed by atoms with Gasteiger partial charge in [-0.15, -0.1) is 10.2 Å². The van der Waals surface area contributed by atoms with Gasteiger partial charge in [0.05, 0.1) is 5.69 Å². The first kappa shape index (κ1) is 29.0. The van der Waals surface area contributed by atoms with Gasteiger partial charge in [0.25, 0.3) is 5.88 Å². The van der Waals surface area contributed by atoms with Crippen molar-refractivity contribution >= 4 is 11.7 Å². The number of carbonyl (C=O) groups is 1. The second-order valence-corrected chi connectivity index (χ2v) is 13.6. The van der Waals surface area contributed by atoms with Crippen molar-refractivity contribution in [3.05, 3.63) is 48.6 Å². The maximum Gasteiger partial charge on any atom is 0.282 e. The van der Waals surface area contributed by atoms with Gasteiger partial charge in [0.1, 0.15) is 24.2 Å². The summed E-state index contributed by atoms with van der Waals surface area (Å²) in [5.74, 6) is 2.79. The van der Waals surface area contributed by atoms with E-state index in [1.54, 1.807) is 18.6 Å². The number of rotatable bonds is 10. The number of hydrogen-bond donors (Lipinski definition) is 1. The molecule has 0 bridgehead atoms. The van der Waals surface area contributed by atoms with Crippen molar-refractivity contribution in [2.45, 2.75) is 77.3 Å². The number of hydrogen-bond acceptors (Lipinski definition) is 9. The summed E-state index contributed by atoms with van der Waals surface area (Å²) in [6.45, 7) is 10.4. The molecule has 4 heterocycles. The monoisotopic (exact) mass is 600 g/mol. The van der Waals surface area contributed by atoms with Crippen LogP contribution in [0.1, 0.15) is 70.9 Å². The third kappa shape index (κ3) is 5.62. The summed E-state index contributed by atoms with van der Waals surface area (Å²) in [7, 11) is 0. The molecule has 2 saturated carbocycles. The van der Waals surface area contributed by atoms with E-state index in [0.29, 0.717) is 59.3 Å². The van der Waals surface area contributed by atoms with Crippen LogP contribution < -0.4 is 15.0 Å². The molecule has 3 aromatic rings. The number of benzene rings is 1. The number of halogens is 1. The van der Waals surface area contributed by atoms with Gasteiger partial charge < -0.3 is 15.0 Å². The largest absolute Gasteiger partial charge is 0.434 e.